The first-order valence-corrected chi connectivity index (χ1v) is 11.5. The zero-order valence-corrected chi connectivity index (χ0v) is 18.7. The second-order valence-corrected chi connectivity index (χ2v) is 8.68. The molecule has 3 aromatic carbocycles. The standard InChI is InChI=1S/C28H28N2O3/c1-2-15-33-22-13-9-18(10-14-22)20-16-25-27(26(32)17-20)28(19-7-11-21(31)12-8-19)30-24-6-4-3-5-23(24)29-25/h3-14,20,28-31H,2,15-17H2,1H3. The number of hydrogen-bond donors (Lipinski definition) is 3. The number of anilines is 2. The number of carbonyl (C=O) groups excluding carboxylic acids is 1. The van der Waals surface area contributed by atoms with Crippen LogP contribution in [-0.2, 0) is 4.79 Å². The van der Waals surface area contributed by atoms with Crippen LogP contribution < -0.4 is 15.4 Å². The molecule has 0 saturated heterocycles. The summed E-state index contributed by atoms with van der Waals surface area (Å²) in [7, 11) is 0. The molecule has 2 unspecified atom stereocenters. The molecule has 5 rings (SSSR count). The Bertz CT molecular complexity index is 1180. The Morgan fingerprint density at radius 2 is 1.61 bits per heavy atom. The maximum Gasteiger partial charge on any atom is 0.163 e. The van der Waals surface area contributed by atoms with Crippen molar-refractivity contribution in [3.8, 4) is 11.5 Å². The summed E-state index contributed by atoms with van der Waals surface area (Å²) < 4.78 is 5.72. The Labute approximate surface area is 194 Å². The van der Waals surface area contributed by atoms with E-state index in [2.05, 4.69) is 29.7 Å². The van der Waals surface area contributed by atoms with Gasteiger partial charge in [-0.15, -0.1) is 0 Å². The number of para-hydroxylation sites is 2. The Kier molecular flexibility index (Phi) is 5.78. The molecule has 3 aromatic rings. The van der Waals surface area contributed by atoms with Crippen molar-refractivity contribution in [2.24, 2.45) is 0 Å². The number of aromatic hydroxyl groups is 1. The van der Waals surface area contributed by atoms with Gasteiger partial charge >= 0.3 is 0 Å². The largest absolute Gasteiger partial charge is 0.508 e. The second kappa shape index (κ2) is 9.02. The molecule has 2 atom stereocenters. The van der Waals surface area contributed by atoms with Gasteiger partial charge in [0, 0.05) is 17.7 Å². The number of ketones is 1. The van der Waals surface area contributed by atoms with Crippen LogP contribution in [0.5, 0.6) is 11.5 Å². The minimum atomic E-state index is -0.282. The summed E-state index contributed by atoms with van der Waals surface area (Å²) in [5.41, 5.74) is 5.74. The summed E-state index contributed by atoms with van der Waals surface area (Å²) in [5, 5.41) is 16.9. The van der Waals surface area contributed by atoms with Gasteiger partial charge in [0.05, 0.1) is 24.0 Å². The molecule has 0 bridgehead atoms. The molecule has 0 aromatic heterocycles. The van der Waals surface area contributed by atoms with Crippen LogP contribution in [0.15, 0.2) is 84.1 Å². The van der Waals surface area contributed by atoms with Gasteiger partial charge in [-0.2, -0.15) is 0 Å². The lowest BCUT2D eigenvalue weighted by Crippen LogP contribution is -2.26. The molecule has 5 heteroatoms. The SMILES string of the molecule is CCCOc1ccc(C2CC(=O)C3=C(C2)Nc2ccccc2NC3c2ccc(O)cc2)cc1. The number of hydrogen-bond acceptors (Lipinski definition) is 5. The summed E-state index contributed by atoms with van der Waals surface area (Å²) in [5.74, 6) is 1.32. The van der Waals surface area contributed by atoms with Crippen LogP contribution in [0.25, 0.3) is 0 Å². The van der Waals surface area contributed by atoms with E-state index in [9.17, 15) is 9.90 Å². The predicted molar refractivity (Wildman–Crippen MR) is 131 cm³/mol. The molecule has 1 aliphatic heterocycles. The van der Waals surface area contributed by atoms with Crippen molar-refractivity contribution in [2.75, 3.05) is 17.2 Å². The number of ether oxygens (including phenoxy) is 1. The molecular formula is C28H28N2O3. The highest BCUT2D eigenvalue weighted by atomic mass is 16.5. The number of phenols is 1. The van der Waals surface area contributed by atoms with Crippen LogP contribution >= 0.6 is 0 Å². The molecule has 0 radical (unpaired) electrons. The molecule has 1 heterocycles. The summed E-state index contributed by atoms with van der Waals surface area (Å²) in [6.07, 6.45) is 2.18. The quantitative estimate of drug-likeness (QED) is 0.443. The first-order chi connectivity index (χ1) is 16.1. The van der Waals surface area contributed by atoms with Crippen LogP contribution in [0, 0.1) is 0 Å². The lowest BCUT2D eigenvalue weighted by molar-refractivity contribution is -0.116. The minimum Gasteiger partial charge on any atom is -0.508 e. The van der Waals surface area contributed by atoms with E-state index in [1.54, 1.807) is 12.1 Å². The molecule has 2 aliphatic rings. The highest BCUT2D eigenvalue weighted by Gasteiger charge is 2.36. The van der Waals surface area contributed by atoms with Crippen molar-refractivity contribution in [3.05, 3.63) is 95.2 Å². The molecule has 0 amide bonds. The smallest absolute Gasteiger partial charge is 0.163 e. The van der Waals surface area contributed by atoms with Gasteiger partial charge in [-0.05, 0) is 66.3 Å². The van der Waals surface area contributed by atoms with Gasteiger partial charge in [0.1, 0.15) is 11.5 Å². The van der Waals surface area contributed by atoms with Gasteiger partial charge in [0.25, 0.3) is 0 Å². The lowest BCUT2D eigenvalue weighted by Gasteiger charge is -2.30. The number of phenolic OH excluding ortho intramolecular Hbond substituents is 1. The van der Waals surface area contributed by atoms with Crippen molar-refractivity contribution in [1.29, 1.82) is 0 Å². The number of fused-ring (bicyclic) bond motifs is 1. The van der Waals surface area contributed by atoms with E-state index in [-0.39, 0.29) is 23.5 Å². The fourth-order valence-corrected chi connectivity index (χ4v) is 4.70. The third-order valence-corrected chi connectivity index (χ3v) is 6.36. The van der Waals surface area contributed by atoms with Crippen LogP contribution in [0.4, 0.5) is 11.4 Å². The first kappa shape index (κ1) is 21.1. The maximum atomic E-state index is 13.6. The normalized spacial score (nSPS) is 19.6. The number of allylic oxidation sites excluding steroid dienone is 1. The number of carbonyl (C=O) groups is 1. The molecule has 3 N–H and O–H groups in total. The molecule has 0 fully saturated rings. The van der Waals surface area contributed by atoms with Gasteiger partial charge in [-0.1, -0.05) is 43.3 Å². The third kappa shape index (κ3) is 4.31. The Morgan fingerprint density at radius 3 is 2.33 bits per heavy atom. The van der Waals surface area contributed by atoms with Crippen molar-refractivity contribution >= 4 is 17.2 Å². The molecule has 1 aliphatic carbocycles. The van der Waals surface area contributed by atoms with Gasteiger partial charge in [0.2, 0.25) is 0 Å². The molecule has 5 nitrogen and oxygen atoms in total. The van der Waals surface area contributed by atoms with Crippen LogP contribution in [0.2, 0.25) is 0 Å². The van der Waals surface area contributed by atoms with E-state index in [1.807, 2.05) is 48.5 Å². The maximum absolute atomic E-state index is 13.6. The Morgan fingerprint density at radius 1 is 0.909 bits per heavy atom. The Balaban J connectivity index is 1.50. The Hall–Kier alpha value is -3.73. The number of Topliss-reactive ketones (excluding diaryl/α,β-unsaturated/α-hetero) is 1. The summed E-state index contributed by atoms with van der Waals surface area (Å²) >= 11 is 0. The summed E-state index contributed by atoms with van der Waals surface area (Å²) in [6, 6.07) is 23.0. The fourth-order valence-electron chi connectivity index (χ4n) is 4.70. The van der Waals surface area contributed by atoms with Crippen molar-refractivity contribution in [1.82, 2.24) is 0 Å². The van der Waals surface area contributed by atoms with Gasteiger partial charge < -0.3 is 20.5 Å². The fraction of sp³-hybridized carbons (Fsp3) is 0.250. The van der Waals surface area contributed by atoms with E-state index in [4.69, 9.17) is 4.74 Å². The van der Waals surface area contributed by atoms with Crippen LogP contribution in [0.1, 0.15) is 49.3 Å². The molecule has 0 saturated carbocycles. The number of benzene rings is 3. The van der Waals surface area contributed by atoms with Crippen molar-refractivity contribution in [3.63, 3.8) is 0 Å². The molecule has 0 spiro atoms. The van der Waals surface area contributed by atoms with Crippen LogP contribution in [0.3, 0.4) is 0 Å². The van der Waals surface area contributed by atoms with Gasteiger partial charge in [0.15, 0.2) is 5.78 Å². The van der Waals surface area contributed by atoms with Crippen molar-refractivity contribution in [2.45, 2.75) is 38.1 Å². The zero-order chi connectivity index (χ0) is 22.8. The van der Waals surface area contributed by atoms with Gasteiger partial charge in [-0.25, -0.2) is 0 Å². The molecular weight excluding hydrogens is 412 g/mol. The van der Waals surface area contributed by atoms with Gasteiger partial charge in [-0.3, -0.25) is 4.79 Å². The summed E-state index contributed by atoms with van der Waals surface area (Å²) in [4.78, 5) is 13.6. The average molecular weight is 441 g/mol. The van der Waals surface area contributed by atoms with E-state index >= 15 is 0 Å². The van der Waals surface area contributed by atoms with E-state index < -0.39 is 0 Å². The summed E-state index contributed by atoms with van der Waals surface area (Å²) in [6.45, 7) is 2.79. The molecule has 33 heavy (non-hydrogen) atoms. The van der Waals surface area contributed by atoms with E-state index in [0.29, 0.717) is 13.0 Å². The monoisotopic (exact) mass is 440 g/mol. The predicted octanol–water partition coefficient (Wildman–Crippen LogP) is 6.16. The zero-order valence-electron chi connectivity index (χ0n) is 18.7. The first-order valence-electron chi connectivity index (χ1n) is 11.5. The van der Waals surface area contributed by atoms with Crippen molar-refractivity contribution < 1.29 is 14.6 Å². The highest BCUT2D eigenvalue weighted by Crippen LogP contribution is 2.44. The number of nitrogens with one attached hydrogen (secondary N) is 2. The average Bonchev–Trinajstić information content (AvgIpc) is 3.00. The highest BCUT2D eigenvalue weighted by molar-refractivity contribution is 6.01. The lowest BCUT2D eigenvalue weighted by atomic mass is 9.78. The molecule has 168 valence electrons. The third-order valence-electron chi connectivity index (χ3n) is 6.36. The minimum absolute atomic E-state index is 0.106. The van der Waals surface area contributed by atoms with E-state index in [0.717, 1.165) is 52.4 Å². The number of rotatable bonds is 5. The van der Waals surface area contributed by atoms with Crippen LogP contribution in [-0.4, -0.2) is 17.5 Å². The second-order valence-electron chi connectivity index (χ2n) is 8.68. The topological polar surface area (TPSA) is 70.6 Å². The van der Waals surface area contributed by atoms with E-state index in [1.165, 1.54) is 0 Å².